The van der Waals surface area contributed by atoms with E-state index >= 15 is 0 Å². The number of hydrogen-bond acceptors (Lipinski definition) is 4. The Kier molecular flexibility index (Phi) is 18.7. The molecule has 26 rings (SSSR count). The first-order valence-electron chi connectivity index (χ1n) is 45.8. The van der Waals surface area contributed by atoms with E-state index in [1.807, 2.05) is 22.7 Å². The molecule has 0 amide bonds. The third-order valence-electron chi connectivity index (χ3n) is 28.4. The summed E-state index contributed by atoms with van der Waals surface area (Å²) < 4.78 is 5.35. The van der Waals surface area contributed by atoms with Gasteiger partial charge < -0.3 is 9.80 Å². The van der Waals surface area contributed by atoms with Gasteiger partial charge in [-0.3, -0.25) is 0 Å². The molecule has 0 aliphatic heterocycles. The summed E-state index contributed by atoms with van der Waals surface area (Å²) >= 11 is 3.77. The van der Waals surface area contributed by atoms with E-state index in [2.05, 4.69) is 499 Å². The highest BCUT2D eigenvalue weighted by Crippen LogP contribution is 2.57. The van der Waals surface area contributed by atoms with Gasteiger partial charge in [0.05, 0.1) is 5.69 Å². The minimum absolute atomic E-state index is 0.186. The Morgan fingerprint density at radius 1 is 0.167 bits per heavy atom. The molecule has 3 aliphatic carbocycles. The quantitative estimate of drug-likeness (QED) is 0.107. The summed E-state index contributed by atoms with van der Waals surface area (Å²) in [6, 6.07) is 171. The lowest BCUT2D eigenvalue weighted by Crippen LogP contribution is -2.17. The molecular weight excluding hydrogens is 1630 g/mol. The van der Waals surface area contributed by atoms with Gasteiger partial charge in [0.2, 0.25) is 0 Å². The van der Waals surface area contributed by atoms with Crippen LogP contribution in [0.1, 0.15) is 49.9 Å². The number of benzene rings is 21. The molecule has 132 heavy (non-hydrogen) atoms. The minimum atomic E-state index is -0.186. The first-order chi connectivity index (χ1) is 64.9. The molecule has 0 bridgehead atoms. The summed E-state index contributed by atoms with van der Waals surface area (Å²) in [4.78, 5) is 4.89. The Balaban J connectivity index is 0.000000142. The number of fused-ring (bicyclic) bond motifs is 16. The molecule has 3 aliphatic rings. The van der Waals surface area contributed by atoms with Gasteiger partial charge in [-0.2, -0.15) is 0 Å². The van der Waals surface area contributed by atoms with Crippen LogP contribution in [-0.2, 0) is 10.8 Å². The molecule has 0 N–H and O–H groups in total. The lowest BCUT2D eigenvalue weighted by atomic mass is 9.81. The van der Waals surface area contributed by atoms with Crippen molar-refractivity contribution in [3.8, 4) is 134 Å². The highest BCUT2D eigenvalue weighted by molar-refractivity contribution is 7.26. The fourth-order valence-corrected chi connectivity index (χ4v) is 24.1. The molecule has 23 aromatic rings. The van der Waals surface area contributed by atoms with E-state index in [4.69, 9.17) is 0 Å². The molecule has 0 saturated carbocycles. The molecule has 0 spiro atoms. The van der Waals surface area contributed by atoms with Crippen molar-refractivity contribution < 1.29 is 0 Å². The molecule has 21 aromatic carbocycles. The summed E-state index contributed by atoms with van der Waals surface area (Å²) in [5, 5.41) is 10.4. The summed E-state index contributed by atoms with van der Waals surface area (Å²) in [5.74, 6) is 0. The zero-order valence-corrected chi connectivity index (χ0v) is 75.2. The number of nitrogens with zero attached hydrogens (tertiary/aromatic N) is 2. The predicted octanol–water partition coefficient (Wildman–Crippen LogP) is 37.0. The average molecular weight is 1720 g/mol. The lowest BCUT2D eigenvalue weighted by Gasteiger charge is -2.29. The van der Waals surface area contributed by atoms with Crippen LogP contribution >= 0.6 is 22.7 Å². The van der Waals surface area contributed by atoms with Crippen LogP contribution in [0.4, 0.5) is 34.1 Å². The van der Waals surface area contributed by atoms with E-state index in [-0.39, 0.29) is 10.8 Å². The van der Waals surface area contributed by atoms with E-state index in [9.17, 15) is 0 Å². The third-order valence-corrected chi connectivity index (χ3v) is 30.8. The Bertz CT molecular complexity index is 8490. The van der Waals surface area contributed by atoms with Crippen LogP contribution in [0, 0.1) is 0 Å². The second-order valence-electron chi connectivity index (χ2n) is 36.5. The van der Waals surface area contributed by atoms with Gasteiger partial charge in [-0.25, -0.2) is 0 Å². The van der Waals surface area contributed by atoms with Crippen LogP contribution in [0.15, 0.2) is 461 Å². The van der Waals surface area contributed by atoms with E-state index in [1.54, 1.807) is 0 Å². The maximum absolute atomic E-state index is 2.46. The summed E-state index contributed by atoms with van der Waals surface area (Å²) in [5.41, 5.74) is 42.1. The first-order valence-corrected chi connectivity index (χ1v) is 47.4. The van der Waals surface area contributed by atoms with Gasteiger partial charge in [-0.1, -0.05) is 398 Å². The Morgan fingerprint density at radius 3 is 0.932 bits per heavy atom. The topological polar surface area (TPSA) is 6.48 Å². The van der Waals surface area contributed by atoms with Crippen molar-refractivity contribution in [2.24, 2.45) is 0 Å². The number of rotatable bonds is 14. The van der Waals surface area contributed by atoms with Gasteiger partial charge in [-0.05, 0) is 263 Å². The van der Waals surface area contributed by atoms with Crippen molar-refractivity contribution in [1.82, 2.24) is 0 Å². The SMILES string of the molecule is CC1(C)c2cc(-c3ccccc3)ccc2-c2ccc(N(c3ccc(-c4ccc(-c5cccc6c5sc5ccccc56)cc4)cc3)c3ccc(-c4ccc5c6c(cccc46)-c4ccccc4-5)cc3)cc21.CC1(C)c2cc(-c3ccccc3)ccc2-c2ccc(N(c3ccc(-c4ccc(-c5cccc6c5sc5ccccc56)cc4)cc3)c3ccc(-c4ccccc4)c4ccccc34)cc21. The fraction of sp³-hybridized carbons (Fsp3) is 0.0469. The molecule has 0 fully saturated rings. The average Bonchev–Trinajstić information content (AvgIpc) is 1.56. The normalized spacial score (nSPS) is 12.8. The monoisotopic (exact) mass is 1720 g/mol. The standard InChI is InChI=1S/C67H45NS.C61H43NS/c1-67(2)62-40-47(42-12-4-3-5-13-42)30-36-55(62)56-37-35-50(41-63(56)67)68(49-33-28-45(29-34-49)51-38-39-60-54-15-7-6-14-53(54)59-19-11-18-58(51)65(59)60)48-31-26-44(27-32-48)43-22-24-46(25-23-43)52-17-10-20-61-57-16-8-9-21-64(57)69-66(52)61;1-61(2)56-38-45(40-14-5-3-6-15-40)30-34-51(56)52-35-33-47(39-57(52)61)62(58-37-36-48(43-16-7-4-8-17-43)50-18-9-10-19-53(50)58)46-31-28-42(29-32-46)41-24-26-44(27-25-41)49-21-13-22-55-54-20-11-12-23-59(54)63-60(49)55/h3-41H,1-2H3;3-39H,1-2H3. The summed E-state index contributed by atoms with van der Waals surface area (Å²) in [6.07, 6.45) is 0. The van der Waals surface area contributed by atoms with Gasteiger partial charge in [0.15, 0.2) is 0 Å². The van der Waals surface area contributed by atoms with Crippen LogP contribution < -0.4 is 9.80 Å². The Labute approximate surface area is 777 Å². The molecule has 2 nitrogen and oxygen atoms in total. The van der Waals surface area contributed by atoms with E-state index in [0.29, 0.717) is 0 Å². The number of anilines is 6. The highest BCUT2D eigenvalue weighted by atomic mass is 32.1. The van der Waals surface area contributed by atoms with Gasteiger partial charge in [-0.15, -0.1) is 22.7 Å². The van der Waals surface area contributed by atoms with Crippen molar-refractivity contribution in [2.45, 2.75) is 38.5 Å². The van der Waals surface area contributed by atoms with Crippen molar-refractivity contribution in [3.63, 3.8) is 0 Å². The lowest BCUT2D eigenvalue weighted by molar-refractivity contribution is 0.660. The van der Waals surface area contributed by atoms with E-state index < -0.39 is 0 Å². The fourth-order valence-electron chi connectivity index (χ4n) is 21.7. The molecule has 0 saturated heterocycles. The number of thiophene rings is 2. The molecule has 0 unspecified atom stereocenters. The van der Waals surface area contributed by atoms with Crippen LogP contribution in [0.2, 0.25) is 0 Å². The maximum atomic E-state index is 2.46. The molecule has 4 heteroatoms. The molecule has 2 aromatic heterocycles. The smallest absolute Gasteiger partial charge is 0.0540 e. The van der Waals surface area contributed by atoms with Gasteiger partial charge >= 0.3 is 0 Å². The van der Waals surface area contributed by atoms with Crippen molar-refractivity contribution >= 4 is 119 Å². The highest BCUT2D eigenvalue weighted by Gasteiger charge is 2.39. The largest absolute Gasteiger partial charge is 0.310 e. The summed E-state index contributed by atoms with van der Waals surface area (Å²) in [6.45, 7) is 9.53. The van der Waals surface area contributed by atoms with Crippen LogP contribution in [0.25, 0.3) is 195 Å². The Morgan fingerprint density at radius 2 is 0.447 bits per heavy atom. The number of hydrogen-bond donors (Lipinski definition) is 0. The Hall–Kier alpha value is -15.8. The van der Waals surface area contributed by atoms with Crippen molar-refractivity contribution in [3.05, 3.63) is 483 Å². The second kappa shape index (κ2) is 31.5. The molecule has 2 heterocycles. The first kappa shape index (κ1) is 78.4. The summed E-state index contributed by atoms with van der Waals surface area (Å²) in [7, 11) is 0. The molecular formula is C128H88N2S2. The zero-order chi connectivity index (χ0) is 87.9. The maximum Gasteiger partial charge on any atom is 0.0540 e. The third kappa shape index (κ3) is 13.1. The molecule has 0 atom stereocenters. The van der Waals surface area contributed by atoms with E-state index in [1.165, 1.54) is 218 Å². The van der Waals surface area contributed by atoms with Gasteiger partial charge in [0, 0.05) is 85.0 Å². The minimum Gasteiger partial charge on any atom is -0.310 e. The zero-order valence-electron chi connectivity index (χ0n) is 73.6. The van der Waals surface area contributed by atoms with Crippen LogP contribution in [0.3, 0.4) is 0 Å². The van der Waals surface area contributed by atoms with Crippen molar-refractivity contribution in [1.29, 1.82) is 0 Å². The second-order valence-corrected chi connectivity index (χ2v) is 38.6. The van der Waals surface area contributed by atoms with E-state index in [0.717, 1.165) is 34.1 Å². The van der Waals surface area contributed by atoms with Crippen LogP contribution in [0.5, 0.6) is 0 Å². The molecule has 622 valence electrons. The van der Waals surface area contributed by atoms with Crippen LogP contribution in [-0.4, -0.2) is 0 Å². The predicted molar refractivity (Wildman–Crippen MR) is 566 cm³/mol. The van der Waals surface area contributed by atoms with Gasteiger partial charge in [0.1, 0.15) is 0 Å². The van der Waals surface area contributed by atoms with Gasteiger partial charge in [0.25, 0.3) is 0 Å². The van der Waals surface area contributed by atoms with Crippen molar-refractivity contribution in [2.75, 3.05) is 9.80 Å². The molecule has 0 radical (unpaired) electrons.